The van der Waals surface area contributed by atoms with E-state index in [2.05, 4.69) is 24.8 Å². The van der Waals surface area contributed by atoms with Crippen molar-refractivity contribution in [2.24, 2.45) is 0 Å². The molecule has 0 bridgehead atoms. The Morgan fingerprint density at radius 2 is 2.05 bits per heavy atom. The summed E-state index contributed by atoms with van der Waals surface area (Å²) in [7, 11) is 0. The van der Waals surface area contributed by atoms with Crippen LogP contribution < -0.4 is 4.90 Å². The molecule has 2 atom stereocenters. The van der Waals surface area contributed by atoms with Gasteiger partial charge in [-0.3, -0.25) is 0 Å². The van der Waals surface area contributed by atoms with E-state index in [1.807, 2.05) is 6.07 Å². The maximum atomic E-state index is 9.36. The summed E-state index contributed by atoms with van der Waals surface area (Å²) >= 11 is 0. The number of aromatic nitrogens is 1. The Morgan fingerprint density at radius 1 is 1.32 bits per heavy atom. The molecular weight excluding hydrogens is 238 g/mol. The van der Waals surface area contributed by atoms with Gasteiger partial charge in [-0.2, -0.15) is 5.26 Å². The van der Waals surface area contributed by atoms with Crippen LogP contribution in [0.15, 0.2) is 6.07 Å². The zero-order valence-corrected chi connectivity index (χ0v) is 11.5. The van der Waals surface area contributed by atoms with Gasteiger partial charge in [0.2, 0.25) is 0 Å². The van der Waals surface area contributed by atoms with Crippen molar-refractivity contribution in [3.05, 3.63) is 22.9 Å². The summed E-state index contributed by atoms with van der Waals surface area (Å²) in [6.45, 7) is 5.76. The molecule has 0 amide bonds. The highest BCUT2D eigenvalue weighted by atomic mass is 16.5. The van der Waals surface area contributed by atoms with E-state index in [-0.39, 0.29) is 12.2 Å². The molecule has 0 N–H and O–H groups in total. The van der Waals surface area contributed by atoms with Gasteiger partial charge in [0.15, 0.2) is 0 Å². The number of pyridine rings is 1. The van der Waals surface area contributed by atoms with Gasteiger partial charge < -0.3 is 9.64 Å². The Labute approximate surface area is 114 Å². The number of nitriles is 1. The van der Waals surface area contributed by atoms with Gasteiger partial charge in [0.1, 0.15) is 11.9 Å². The van der Waals surface area contributed by atoms with Crippen LogP contribution >= 0.6 is 0 Å². The first-order valence-electron chi connectivity index (χ1n) is 7.00. The van der Waals surface area contributed by atoms with Crippen LogP contribution in [-0.2, 0) is 17.6 Å². The number of anilines is 1. The minimum atomic E-state index is 0.186. The van der Waals surface area contributed by atoms with Gasteiger partial charge in [-0.25, -0.2) is 4.98 Å². The van der Waals surface area contributed by atoms with Gasteiger partial charge in [0.25, 0.3) is 0 Å². The molecule has 4 nitrogen and oxygen atoms in total. The normalized spacial score (nSPS) is 26.1. The number of fused-ring (bicyclic) bond motifs is 1. The summed E-state index contributed by atoms with van der Waals surface area (Å²) in [5.41, 5.74) is 3.15. The highest BCUT2D eigenvalue weighted by Gasteiger charge is 2.26. The Bertz CT molecular complexity index is 525. The average Bonchev–Trinajstić information content (AvgIpc) is 2.83. The van der Waals surface area contributed by atoms with Crippen molar-refractivity contribution in [2.45, 2.75) is 45.3 Å². The predicted molar refractivity (Wildman–Crippen MR) is 73.2 cm³/mol. The second-order valence-corrected chi connectivity index (χ2v) is 5.59. The third-order valence-corrected chi connectivity index (χ3v) is 3.87. The number of rotatable bonds is 1. The van der Waals surface area contributed by atoms with Crippen molar-refractivity contribution in [3.63, 3.8) is 0 Å². The Morgan fingerprint density at radius 3 is 2.74 bits per heavy atom. The first-order chi connectivity index (χ1) is 9.17. The Kier molecular flexibility index (Phi) is 3.16. The van der Waals surface area contributed by atoms with Gasteiger partial charge in [0, 0.05) is 18.8 Å². The van der Waals surface area contributed by atoms with Crippen LogP contribution in [0.2, 0.25) is 0 Å². The van der Waals surface area contributed by atoms with Crippen LogP contribution in [0.1, 0.15) is 37.1 Å². The molecule has 1 aliphatic carbocycles. The van der Waals surface area contributed by atoms with Crippen LogP contribution in [-0.4, -0.2) is 30.3 Å². The first kappa shape index (κ1) is 12.4. The Balaban J connectivity index is 1.97. The van der Waals surface area contributed by atoms with Gasteiger partial charge in [0.05, 0.1) is 17.8 Å². The van der Waals surface area contributed by atoms with Crippen molar-refractivity contribution in [1.82, 2.24) is 4.98 Å². The molecule has 1 fully saturated rings. The average molecular weight is 257 g/mol. The van der Waals surface area contributed by atoms with E-state index in [1.54, 1.807) is 0 Å². The van der Waals surface area contributed by atoms with E-state index in [1.165, 1.54) is 11.3 Å². The van der Waals surface area contributed by atoms with Crippen molar-refractivity contribution in [2.75, 3.05) is 18.0 Å². The van der Waals surface area contributed by atoms with E-state index in [4.69, 9.17) is 9.72 Å². The fourth-order valence-corrected chi connectivity index (χ4v) is 3.14. The van der Waals surface area contributed by atoms with Crippen molar-refractivity contribution < 1.29 is 4.74 Å². The predicted octanol–water partition coefficient (Wildman–Crippen LogP) is 2.06. The number of ether oxygens (including phenoxy) is 1. The summed E-state index contributed by atoms with van der Waals surface area (Å²) < 4.78 is 5.75. The number of aryl methyl sites for hydroxylation is 2. The number of morpholine rings is 1. The quantitative estimate of drug-likeness (QED) is 0.772. The van der Waals surface area contributed by atoms with Crippen molar-refractivity contribution >= 4 is 5.82 Å². The molecule has 19 heavy (non-hydrogen) atoms. The summed E-state index contributed by atoms with van der Waals surface area (Å²) in [5, 5.41) is 9.36. The van der Waals surface area contributed by atoms with Gasteiger partial charge in [-0.15, -0.1) is 0 Å². The maximum Gasteiger partial charge on any atom is 0.147 e. The lowest BCUT2D eigenvalue weighted by Gasteiger charge is -2.36. The number of hydrogen-bond acceptors (Lipinski definition) is 4. The molecular formula is C15H19N3O. The fourth-order valence-electron chi connectivity index (χ4n) is 3.14. The molecule has 100 valence electrons. The SMILES string of the molecule is CC1CN(c2nc3c(cc2C#N)CCC3)CC(C)O1. The maximum absolute atomic E-state index is 9.36. The zero-order valence-electron chi connectivity index (χ0n) is 11.5. The second-order valence-electron chi connectivity index (χ2n) is 5.59. The summed E-state index contributed by atoms with van der Waals surface area (Å²) in [6.07, 6.45) is 3.64. The highest BCUT2D eigenvalue weighted by Crippen LogP contribution is 2.28. The first-order valence-corrected chi connectivity index (χ1v) is 7.00. The van der Waals surface area contributed by atoms with Crippen LogP contribution in [0, 0.1) is 11.3 Å². The summed E-state index contributed by atoms with van der Waals surface area (Å²) in [4.78, 5) is 6.97. The molecule has 1 aromatic heterocycles. The van der Waals surface area contributed by atoms with E-state index < -0.39 is 0 Å². The third kappa shape index (κ3) is 2.31. The molecule has 1 aliphatic heterocycles. The monoisotopic (exact) mass is 257 g/mol. The number of nitrogens with zero attached hydrogens (tertiary/aromatic N) is 3. The van der Waals surface area contributed by atoms with E-state index in [0.29, 0.717) is 5.56 Å². The van der Waals surface area contributed by atoms with Gasteiger partial charge >= 0.3 is 0 Å². The van der Waals surface area contributed by atoms with E-state index in [9.17, 15) is 5.26 Å². The fraction of sp³-hybridized carbons (Fsp3) is 0.600. The van der Waals surface area contributed by atoms with E-state index >= 15 is 0 Å². The molecule has 3 rings (SSSR count). The van der Waals surface area contributed by atoms with Crippen LogP contribution in [0.25, 0.3) is 0 Å². The molecule has 2 heterocycles. The zero-order chi connectivity index (χ0) is 13.4. The smallest absolute Gasteiger partial charge is 0.147 e. The molecule has 2 aliphatic rings. The van der Waals surface area contributed by atoms with E-state index in [0.717, 1.165) is 38.2 Å². The second kappa shape index (κ2) is 4.82. The van der Waals surface area contributed by atoms with Crippen molar-refractivity contribution in [1.29, 1.82) is 5.26 Å². The molecule has 0 saturated carbocycles. The number of hydrogen-bond donors (Lipinski definition) is 0. The molecule has 2 unspecified atom stereocenters. The van der Waals surface area contributed by atoms with Crippen LogP contribution in [0.3, 0.4) is 0 Å². The van der Waals surface area contributed by atoms with Crippen LogP contribution in [0.4, 0.5) is 5.82 Å². The largest absolute Gasteiger partial charge is 0.372 e. The molecule has 0 spiro atoms. The molecule has 0 radical (unpaired) electrons. The molecule has 4 heteroatoms. The molecule has 0 aromatic carbocycles. The lowest BCUT2D eigenvalue weighted by molar-refractivity contribution is -0.00548. The highest BCUT2D eigenvalue weighted by molar-refractivity contribution is 5.57. The summed E-state index contributed by atoms with van der Waals surface area (Å²) in [6, 6.07) is 4.34. The lowest BCUT2D eigenvalue weighted by atomic mass is 10.1. The third-order valence-electron chi connectivity index (χ3n) is 3.87. The van der Waals surface area contributed by atoms with Gasteiger partial charge in [-0.1, -0.05) is 0 Å². The summed E-state index contributed by atoms with van der Waals surface area (Å²) in [5.74, 6) is 0.852. The minimum absolute atomic E-state index is 0.186. The minimum Gasteiger partial charge on any atom is -0.372 e. The van der Waals surface area contributed by atoms with Crippen molar-refractivity contribution in [3.8, 4) is 6.07 Å². The topological polar surface area (TPSA) is 49.2 Å². The molecule has 1 aromatic rings. The van der Waals surface area contributed by atoms with Gasteiger partial charge in [-0.05, 0) is 44.7 Å². The van der Waals surface area contributed by atoms with Crippen LogP contribution in [0.5, 0.6) is 0 Å². The molecule has 1 saturated heterocycles. The standard InChI is InChI=1S/C15H19N3O/c1-10-8-18(9-11(2)19-10)15-13(7-16)6-12-4-3-5-14(12)17-15/h6,10-11H,3-5,8-9H2,1-2H3. The lowest BCUT2D eigenvalue weighted by Crippen LogP contribution is -2.46. The Hall–Kier alpha value is -1.60.